The summed E-state index contributed by atoms with van der Waals surface area (Å²) < 4.78 is 14.1. The zero-order valence-electron chi connectivity index (χ0n) is 8.41. The molecular formula is C11H11BrFNO2. The van der Waals surface area contributed by atoms with Crippen molar-refractivity contribution in [3.63, 3.8) is 0 Å². The largest absolute Gasteiger partial charge is 0.480 e. The van der Waals surface area contributed by atoms with Crippen LogP contribution >= 0.6 is 15.9 Å². The van der Waals surface area contributed by atoms with Gasteiger partial charge in [0.05, 0.1) is 5.69 Å². The van der Waals surface area contributed by atoms with Gasteiger partial charge in [-0.3, -0.25) is 0 Å². The molecule has 0 aromatic heterocycles. The van der Waals surface area contributed by atoms with E-state index in [1.807, 2.05) is 0 Å². The smallest absolute Gasteiger partial charge is 0.326 e. The third kappa shape index (κ3) is 2.52. The van der Waals surface area contributed by atoms with E-state index in [0.29, 0.717) is 4.47 Å². The van der Waals surface area contributed by atoms with Crippen molar-refractivity contribution in [2.75, 3.05) is 5.32 Å². The van der Waals surface area contributed by atoms with Crippen molar-refractivity contribution in [3.05, 3.63) is 28.5 Å². The van der Waals surface area contributed by atoms with Gasteiger partial charge in [0.15, 0.2) is 0 Å². The monoisotopic (exact) mass is 287 g/mol. The molecule has 16 heavy (non-hydrogen) atoms. The number of halogens is 2. The maximum absolute atomic E-state index is 13.5. The minimum atomic E-state index is -0.926. The molecule has 2 rings (SSSR count). The number of nitrogens with one attached hydrogen (secondary N) is 1. The van der Waals surface area contributed by atoms with Crippen LogP contribution in [0.2, 0.25) is 0 Å². The molecule has 1 atom stereocenters. The second kappa shape index (κ2) is 4.41. The third-order valence-electron chi connectivity index (χ3n) is 2.60. The molecule has 3 nitrogen and oxygen atoms in total. The maximum atomic E-state index is 13.5. The van der Waals surface area contributed by atoms with Gasteiger partial charge in [-0.2, -0.15) is 0 Å². The maximum Gasteiger partial charge on any atom is 0.326 e. The molecule has 1 aliphatic rings. The van der Waals surface area contributed by atoms with Crippen LogP contribution in [0.25, 0.3) is 0 Å². The summed E-state index contributed by atoms with van der Waals surface area (Å²) in [6.45, 7) is 0. The van der Waals surface area contributed by atoms with E-state index in [2.05, 4.69) is 21.2 Å². The second-order valence-corrected chi connectivity index (χ2v) is 4.84. The van der Waals surface area contributed by atoms with Crippen molar-refractivity contribution in [1.29, 1.82) is 0 Å². The van der Waals surface area contributed by atoms with Crippen molar-refractivity contribution in [2.45, 2.75) is 18.9 Å². The summed E-state index contributed by atoms with van der Waals surface area (Å²) in [6.07, 6.45) is 1.78. The fourth-order valence-electron chi connectivity index (χ4n) is 1.58. The summed E-state index contributed by atoms with van der Waals surface area (Å²) in [4.78, 5) is 11.0. The number of carboxylic acids is 1. The van der Waals surface area contributed by atoms with Gasteiger partial charge in [0, 0.05) is 4.47 Å². The zero-order chi connectivity index (χ0) is 11.7. The lowest BCUT2D eigenvalue weighted by molar-refractivity contribution is -0.138. The van der Waals surface area contributed by atoms with Crippen molar-refractivity contribution < 1.29 is 14.3 Å². The van der Waals surface area contributed by atoms with Crippen LogP contribution < -0.4 is 5.32 Å². The van der Waals surface area contributed by atoms with Crippen LogP contribution in [0.1, 0.15) is 12.8 Å². The molecule has 1 saturated carbocycles. The van der Waals surface area contributed by atoms with E-state index in [0.717, 1.165) is 12.8 Å². The van der Waals surface area contributed by atoms with Gasteiger partial charge < -0.3 is 10.4 Å². The number of carbonyl (C=O) groups is 1. The van der Waals surface area contributed by atoms with Gasteiger partial charge in [-0.15, -0.1) is 0 Å². The van der Waals surface area contributed by atoms with E-state index in [9.17, 15) is 9.18 Å². The van der Waals surface area contributed by atoms with Crippen LogP contribution in [-0.4, -0.2) is 17.1 Å². The highest BCUT2D eigenvalue weighted by Crippen LogP contribution is 2.35. The fourth-order valence-corrected chi connectivity index (χ4v) is 1.92. The van der Waals surface area contributed by atoms with Gasteiger partial charge in [-0.25, -0.2) is 9.18 Å². The number of carboxylic acid groups (broad SMARTS) is 1. The van der Waals surface area contributed by atoms with Crippen molar-refractivity contribution >= 4 is 27.6 Å². The van der Waals surface area contributed by atoms with Crippen molar-refractivity contribution in [1.82, 2.24) is 0 Å². The third-order valence-corrected chi connectivity index (χ3v) is 3.09. The Kier molecular flexibility index (Phi) is 3.14. The van der Waals surface area contributed by atoms with E-state index >= 15 is 0 Å². The summed E-state index contributed by atoms with van der Waals surface area (Å²) in [7, 11) is 0. The molecule has 86 valence electrons. The fraction of sp³-hybridized carbons (Fsp3) is 0.364. The SMILES string of the molecule is O=C(O)C(Nc1ccc(Br)cc1F)C1CC1. The molecule has 0 heterocycles. The highest BCUT2D eigenvalue weighted by atomic mass is 79.9. The lowest BCUT2D eigenvalue weighted by Crippen LogP contribution is -2.31. The van der Waals surface area contributed by atoms with Gasteiger partial charge in [0.1, 0.15) is 11.9 Å². The number of hydrogen-bond donors (Lipinski definition) is 2. The van der Waals surface area contributed by atoms with E-state index in [1.165, 1.54) is 12.1 Å². The zero-order valence-corrected chi connectivity index (χ0v) is 10.00. The van der Waals surface area contributed by atoms with Crippen LogP contribution in [0.5, 0.6) is 0 Å². The molecule has 0 amide bonds. The topological polar surface area (TPSA) is 49.3 Å². The van der Waals surface area contributed by atoms with Crippen molar-refractivity contribution in [2.24, 2.45) is 5.92 Å². The molecule has 5 heteroatoms. The molecule has 1 aromatic rings. The normalized spacial score (nSPS) is 16.9. The molecule has 0 radical (unpaired) electrons. The first-order valence-corrected chi connectivity index (χ1v) is 5.81. The van der Waals surface area contributed by atoms with Crippen LogP contribution in [0.3, 0.4) is 0 Å². The molecule has 0 spiro atoms. The molecule has 1 aliphatic carbocycles. The Morgan fingerprint density at radius 2 is 2.25 bits per heavy atom. The first kappa shape index (κ1) is 11.4. The van der Waals surface area contributed by atoms with Crippen LogP contribution in [0.4, 0.5) is 10.1 Å². The Morgan fingerprint density at radius 3 is 2.75 bits per heavy atom. The van der Waals surface area contributed by atoms with E-state index in [4.69, 9.17) is 5.11 Å². The van der Waals surface area contributed by atoms with E-state index in [-0.39, 0.29) is 11.6 Å². The average molecular weight is 288 g/mol. The Labute approximate surface area is 101 Å². The summed E-state index contributed by atoms with van der Waals surface area (Å²) in [5, 5.41) is 11.7. The second-order valence-electron chi connectivity index (χ2n) is 3.92. The molecule has 0 aliphatic heterocycles. The Hall–Kier alpha value is -1.10. The first-order valence-electron chi connectivity index (χ1n) is 5.02. The standard InChI is InChI=1S/C11H11BrFNO2/c12-7-3-4-9(8(13)5-7)14-10(11(15)16)6-1-2-6/h3-6,10,14H,1-2H2,(H,15,16). The van der Waals surface area contributed by atoms with Crippen molar-refractivity contribution in [3.8, 4) is 0 Å². The number of anilines is 1. The predicted molar refractivity (Wildman–Crippen MR) is 61.9 cm³/mol. The van der Waals surface area contributed by atoms with Crippen LogP contribution in [0, 0.1) is 11.7 Å². The van der Waals surface area contributed by atoms with Gasteiger partial charge in [0.25, 0.3) is 0 Å². The predicted octanol–water partition coefficient (Wildman–Crippen LogP) is 2.86. The quantitative estimate of drug-likeness (QED) is 0.895. The van der Waals surface area contributed by atoms with Gasteiger partial charge in [0.2, 0.25) is 0 Å². The first-order chi connectivity index (χ1) is 7.58. The highest BCUT2D eigenvalue weighted by Gasteiger charge is 2.36. The number of rotatable bonds is 4. The lowest BCUT2D eigenvalue weighted by atomic mass is 10.1. The van der Waals surface area contributed by atoms with Gasteiger partial charge in [-0.05, 0) is 37.0 Å². The molecule has 1 fully saturated rings. The number of aliphatic carboxylic acids is 1. The number of benzene rings is 1. The van der Waals surface area contributed by atoms with Gasteiger partial charge >= 0.3 is 5.97 Å². The lowest BCUT2D eigenvalue weighted by Gasteiger charge is -2.15. The Balaban J connectivity index is 2.15. The minimum Gasteiger partial charge on any atom is -0.480 e. The molecule has 1 aromatic carbocycles. The molecule has 2 N–H and O–H groups in total. The summed E-state index contributed by atoms with van der Waals surface area (Å²) in [6, 6.07) is 3.85. The Morgan fingerprint density at radius 1 is 1.56 bits per heavy atom. The highest BCUT2D eigenvalue weighted by molar-refractivity contribution is 9.10. The number of hydrogen-bond acceptors (Lipinski definition) is 2. The Bertz CT molecular complexity index is 420. The average Bonchev–Trinajstić information content (AvgIpc) is 2.99. The minimum absolute atomic E-state index is 0.126. The molecule has 0 bridgehead atoms. The molecular weight excluding hydrogens is 277 g/mol. The summed E-state index contributed by atoms with van der Waals surface area (Å²) in [5.41, 5.74) is 0.238. The summed E-state index contributed by atoms with van der Waals surface area (Å²) in [5.74, 6) is -1.24. The van der Waals surface area contributed by atoms with E-state index < -0.39 is 17.8 Å². The summed E-state index contributed by atoms with van der Waals surface area (Å²) >= 11 is 3.15. The van der Waals surface area contributed by atoms with E-state index in [1.54, 1.807) is 6.07 Å². The van der Waals surface area contributed by atoms with Crippen LogP contribution in [-0.2, 0) is 4.79 Å². The van der Waals surface area contributed by atoms with Crippen LogP contribution in [0.15, 0.2) is 22.7 Å². The van der Waals surface area contributed by atoms with Gasteiger partial charge in [-0.1, -0.05) is 15.9 Å². The molecule has 1 unspecified atom stereocenters. The molecule has 0 saturated heterocycles.